The third-order valence-corrected chi connectivity index (χ3v) is 2.28. The highest BCUT2D eigenvalue weighted by atomic mass is 16.5. The van der Waals surface area contributed by atoms with Crippen LogP contribution in [0, 0.1) is 11.3 Å². The Bertz CT molecular complexity index is 282. The zero-order chi connectivity index (χ0) is 13.5. The molecule has 0 spiro atoms. The highest BCUT2D eigenvalue weighted by molar-refractivity contribution is 5.86. The van der Waals surface area contributed by atoms with E-state index in [-0.39, 0.29) is 5.97 Å². The van der Waals surface area contributed by atoms with E-state index in [4.69, 9.17) is 4.74 Å². The molecule has 0 saturated carbocycles. The smallest absolute Gasteiger partial charge is 0.333 e. The Morgan fingerprint density at radius 2 is 1.94 bits per heavy atom. The van der Waals surface area contributed by atoms with E-state index in [1.165, 1.54) is 0 Å². The molecular weight excluding hydrogens is 212 g/mol. The van der Waals surface area contributed by atoms with Crippen molar-refractivity contribution in [1.82, 2.24) is 0 Å². The molecule has 1 unspecified atom stereocenters. The summed E-state index contributed by atoms with van der Waals surface area (Å²) in [7, 11) is 0. The first-order valence-electron chi connectivity index (χ1n) is 6.20. The molecule has 0 aromatic carbocycles. The van der Waals surface area contributed by atoms with Crippen LogP contribution >= 0.6 is 0 Å². The topological polar surface area (TPSA) is 26.3 Å². The lowest BCUT2D eigenvalue weighted by Crippen LogP contribution is -2.11. The maximum Gasteiger partial charge on any atom is 0.333 e. The summed E-state index contributed by atoms with van der Waals surface area (Å²) < 4.78 is 5.09. The zero-order valence-electron chi connectivity index (χ0n) is 11.9. The molecule has 1 atom stereocenters. The maximum atomic E-state index is 11.2. The van der Waals surface area contributed by atoms with Crippen molar-refractivity contribution >= 4 is 5.97 Å². The van der Waals surface area contributed by atoms with Gasteiger partial charge in [0.2, 0.25) is 0 Å². The van der Waals surface area contributed by atoms with Gasteiger partial charge in [-0.05, 0) is 31.1 Å². The molecule has 0 saturated heterocycles. The van der Waals surface area contributed by atoms with Gasteiger partial charge in [-0.15, -0.1) is 0 Å². The summed E-state index contributed by atoms with van der Waals surface area (Å²) in [5.41, 5.74) is 0.798. The van der Waals surface area contributed by atoms with Crippen LogP contribution in [-0.4, -0.2) is 12.6 Å². The van der Waals surface area contributed by atoms with Crippen LogP contribution in [0.15, 0.2) is 24.3 Å². The Labute approximate surface area is 106 Å². The summed E-state index contributed by atoms with van der Waals surface area (Å²) in [6, 6.07) is 0. The van der Waals surface area contributed by atoms with Crippen LogP contribution in [-0.2, 0) is 9.53 Å². The van der Waals surface area contributed by atoms with Gasteiger partial charge in [-0.1, -0.05) is 46.4 Å². The monoisotopic (exact) mass is 238 g/mol. The van der Waals surface area contributed by atoms with Crippen molar-refractivity contribution in [2.75, 3.05) is 6.61 Å². The fourth-order valence-corrected chi connectivity index (χ4v) is 1.17. The summed E-state index contributed by atoms with van der Waals surface area (Å²) in [5.74, 6) is 0.0602. The zero-order valence-corrected chi connectivity index (χ0v) is 11.9. The molecule has 0 aromatic heterocycles. The molecule has 2 heteroatoms. The molecule has 0 aliphatic rings. The third kappa shape index (κ3) is 9.86. The van der Waals surface area contributed by atoms with Gasteiger partial charge in [-0.25, -0.2) is 4.79 Å². The summed E-state index contributed by atoms with van der Waals surface area (Å²) in [6.07, 6.45) is 6.40. The number of esters is 1. The van der Waals surface area contributed by atoms with E-state index in [1.807, 2.05) is 0 Å². The van der Waals surface area contributed by atoms with E-state index in [2.05, 4.69) is 46.4 Å². The van der Waals surface area contributed by atoms with Gasteiger partial charge in [-0.2, -0.15) is 0 Å². The largest absolute Gasteiger partial charge is 0.462 e. The van der Waals surface area contributed by atoms with Crippen LogP contribution < -0.4 is 0 Å². The standard InChI is InChI=1S/C15H26O2/c1-12(2)14(16)17-11-13(3)9-7-8-10-15(4,5)6/h7-8,13H,1,9-11H2,2-6H3. The Balaban J connectivity index is 3.77. The molecule has 98 valence electrons. The Morgan fingerprint density at radius 1 is 1.35 bits per heavy atom. The van der Waals surface area contributed by atoms with Crippen LogP contribution in [0.3, 0.4) is 0 Å². The quantitative estimate of drug-likeness (QED) is 0.395. The third-order valence-electron chi connectivity index (χ3n) is 2.28. The summed E-state index contributed by atoms with van der Waals surface area (Å²) >= 11 is 0. The second-order valence-electron chi connectivity index (χ2n) is 5.96. The molecule has 0 fully saturated rings. The molecule has 0 radical (unpaired) electrons. The second-order valence-corrected chi connectivity index (χ2v) is 5.96. The van der Waals surface area contributed by atoms with Gasteiger partial charge in [-0.3, -0.25) is 0 Å². The SMILES string of the molecule is C=C(C)C(=O)OCC(C)CC=CCC(C)(C)C. The molecule has 0 N–H and O–H groups in total. The second kappa shape index (κ2) is 7.31. The van der Waals surface area contributed by atoms with E-state index in [9.17, 15) is 4.79 Å². The minimum Gasteiger partial charge on any atom is -0.462 e. The molecule has 0 aromatic rings. The molecule has 0 heterocycles. The van der Waals surface area contributed by atoms with Gasteiger partial charge < -0.3 is 4.74 Å². The van der Waals surface area contributed by atoms with Gasteiger partial charge >= 0.3 is 5.97 Å². The van der Waals surface area contributed by atoms with Crippen LogP contribution in [0.1, 0.15) is 47.5 Å². The van der Waals surface area contributed by atoms with Gasteiger partial charge in [0.25, 0.3) is 0 Å². The Hall–Kier alpha value is -1.05. The molecular formula is C15H26O2. The average Bonchev–Trinajstić information content (AvgIpc) is 2.19. The number of hydrogen-bond acceptors (Lipinski definition) is 2. The van der Waals surface area contributed by atoms with E-state index in [1.54, 1.807) is 6.92 Å². The van der Waals surface area contributed by atoms with E-state index >= 15 is 0 Å². The lowest BCUT2D eigenvalue weighted by Gasteiger charge is -2.15. The van der Waals surface area contributed by atoms with Crippen LogP contribution in [0.4, 0.5) is 0 Å². The first-order chi connectivity index (χ1) is 7.72. The van der Waals surface area contributed by atoms with Crippen molar-refractivity contribution in [3.05, 3.63) is 24.3 Å². The minimum atomic E-state index is -0.296. The van der Waals surface area contributed by atoms with Crippen molar-refractivity contribution in [2.45, 2.75) is 47.5 Å². The first-order valence-corrected chi connectivity index (χ1v) is 6.20. The molecule has 0 bridgehead atoms. The molecule has 0 rings (SSSR count). The van der Waals surface area contributed by atoms with Crippen molar-refractivity contribution in [3.63, 3.8) is 0 Å². The fraction of sp³-hybridized carbons (Fsp3) is 0.667. The molecule has 0 aliphatic heterocycles. The van der Waals surface area contributed by atoms with Crippen LogP contribution in [0.2, 0.25) is 0 Å². The van der Waals surface area contributed by atoms with E-state index < -0.39 is 0 Å². The normalized spacial score (nSPS) is 13.7. The lowest BCUT2D eigenvalue weighted by atomic mass is 9.92. The highest BCUT2D eigenvalue weighted by Gasteiger charge is 2.08. The number of rotatable bonds is 6. The molecule has 0 amide bonds. The lowest BCUT2D eigenvalue weighted by molar-refractivity contribution is -0.140. The van der Waals surface area contributed by atoms with Gasteiger partial charge in [0.05, 0.1) is 6.61 Å². The van der Waals surface area contributed by atoms with Crippen molar-refractivity contribution in [2.24, 2.45) is 11.3 Å². The average molecular weight is 238 g/mol. The van der Waals surface area contributed by atoms with E-state index in [0.717, 1.165) is 12.8 Å². The first kappa shape index (κ1) is 16.0. The predicted molar refractivity (Wildman–Crippen MR) is 72.8 cm³/mol. The fourth-order valence-electron chi connectivity index (χ4n) is 1.17. The summed E-state index contributed by atoms with van der Waals surface area (Å²) in [5, 5.41) is 0. The van der Waals surface area contributed by atoms with E-state index in [0.29, 0.717) is 23.5 Å². The van der Waals surface area contributed by atoms with Crippen LogP contribution in [0.5, 0.6) is 0 Å². The van der Waals surface area contributed by atoms with Crippen molar-refractivity contribution in [1.29, 1.82) is 0 Å². The van der Waals surface area contributed by atoms with Gasteiger partial charge in [0.15, 0.2) is 0 Å². The van der Waals surface area contributed by atoms with Crippen molar-refractivity contribution in [3.8, 4) is 0 Å². The van der Waals surface area contributed by atoms with Gasteiger partial charge in [0, 0.05) is 5.57 Å². The number of ether oxygens (including phenoxy) is 1. The molecule has 0 aliphatic carbocycles. The number of allylic oxidation sites excluding steroid dienone is 2. The molecule has 2 nitrogen and oxygen atoms in total. The number of carbonyl (C=O) groups excluding carboxylic acids is 1. The highest BCUT2D eigenvalue weighted by Crippen LogP contribution is 2.19. The summed E-state index contributed by atoms with van der Waals surface area (Å²) in [6.45, 7) is 14.4. The summed E-state index contributed by atoms with van der Waals surface area (Å²) in [4.78, 5) is 11.2. The minimum absolute atomic E-state index is 0.296. The maximum absolute atomic E-state index is 11.2. The predicted octanol–water partition coefficient (Wildman–Crippen LogP) is 4.12. The van der Waals surface area contributed by atoms with Gasteiger partial charge in [0.1, 0.15) is 0 Å². The number of carbonyl (C=O) groups is 1. The van der Waals surface area contributed by atoms with Crippen molar-refractivity contribution < 1.29 is 9.53 Å². The van der Waals surface area contributed by atoms with Crippen LogP contribution in [0.25, 0.3) is 0 Å². The Morgan fingerprint density at radius 3 is 2.41 bits per heavy atom. The number of hydrogen-bond donors (Lipinski definition) is 0. The Kier molecular flexibility index (Phi) is 6.86. The molecule has 17 heavy (non-hydrogen) atoms.